The summed E-state index contributed by atoms with van der Waals surface area (Å²) < 4.78 is 34.0. The fourth-order valence-electron chi connectivity index (χ4n) is 2.54. The molecule has 0 saturated heterocycles. The summed E-state index contributed by atoms with van der Waals surface area (Å²) in [6, 6.07) is 15.9. The highest BCUT2D eigenvalue weighted by Crippen LogP contribution is 2.23. The minimum Gasteiger partial charge on any atom is -0.493 e. The lowest BCUT2D eigenvalue weighted by Crippen LogP contribution is -2.13. The fourth-order valence-corrected chi connectivity index (χ4v) is 4.24. The summed E-state index contributed by atoms with van der Waals surface area (Å²) in [5.41, 5.74) is 0.427. The number of rotatable bonds is 10. The lowest BCUT2D eigenvalue weighted by molar-refractivity contribution is -0.112. The Hall–Kier alpha value is -3.46. The van der Waals surface area contributed by atoms with E-state index < -0.39 is 15.7 Å². The molecule has 0 unspecified atom stereocenters. The number of anilines is 1. The van der Waals surface area contributed by atoms with Gasteiger partial charge in [0.2, 0.25) is 19.3 Å². The van der Waals surface area contributed by atoms with Gasteiger partial charge in [0.15, 0.2) is 0 Å². The van der Waals surface area contributed by atoms with E-state index in [0.717, 1.165) is 6.26 Å². The molecule has 3 aromatic rings. The Morgan fingerprint density at radius 1 is 1.15 bits per heavy atom. The van der Waals surface area contributed by atoms with Gasteiger partial charge >= 0.3 is 0 Å². The number of ether oxygens (including phenoxy) is 2. The van der Waals surface area contributed by atoms with Crippen LogP contribution in [0.3, 0.4) is 0 Å². The number of amides is 1. The molecule has 0 aliphatic carbocycles. The third kappa shape index (κ3) is 7.28. The highest BCUT2D eigenvalue weighted by atomic mass is 35.5. The van der Waals surface area contributed by atoms with Crippen molar-refractivity contribution >= 4 is 49.9 Å². The summed E-state index contributed by atoms with van der Waals surface area (Å²) in [4.78, 5) is 12.3. The number of hydrogen-bond donors (Lipinski definition) is 1. The first-order valence-electron chi connectivity index (χ1n) is 9.83. The van der Waals surface area contributed by atoms with E-state index in [0.29, 0.717) is 53.1 Å². The standard InChI is InChI=1S/C22H19ClN4O5S2/c1-34(29,30)22-27-26-21(33-22)25-20(28)16(14-24)13-15-7-9-17(10-8-15)31-11-4-12-32-19-6-3-2-5-18(19)23/h2-3,5-10,13H,4,11-12H2,1H3,(H,25,26,28)/b16-13-. The highest BCUT2D eigenvalue weighted by Gasteiger charge is 2.17. The number of halogens is 1. The Balaban J connectivity index is 1.51. The molecule has 1 aromatic heterocycles. The molecule has 0 fully saturated rings. The topological polar surface area (TPSA) is 131 Å². The van der Waals surface area contributed by atoms with Gasteiger partial charge in [-0.3, -0.25) is 10.1 Å². The van der Waals surface area contributed by atoms with E-state index in [2.05, 4.69) is 15.5 Å². The molecule has 1 heterocycles. The van der Waals surface area contributed by atoms with E-state index in [1.807, 2.05) is 18.2 Å². The third-order valence-electron chi connectivity index (χ3n) is 4.15. The Morgan fingerprint density at radius 3 is 2.50 bits per heavy atom. The number of carbonyl (C=O) groups excluding carboxylic acids is 1. The monoisotopic (exact) mass is 518 g/mol. The first-order valence-corrected chi connectivity index (χ1v) is 12.9. The third-order valence-corrected chi connectivity index (χ3v) is 6.97. The van der Waals surface area contributed by atoms with Gasteiger partial charge in [0.1, 0.15) is 23.1 Å². The molecule has 9 nitrogen and oxygen atoms in total. The quantitative estimate of drug-likeness (QED) is 0.184. The largest absolute Gasteiger partial charge is 0.493 e. The van der Waals surface area contributed by atoms with Crippen molar-refractivity contribution in [2.75, 3.05) is 24.8 Å². The minimum atomic E-state index is -3.53. The summed E-state index contributed by atoms with van der Waals surface area (Å²) in [5.74, 6) is 0.525. The number of carbonyl (C=O) groups is 1. The zero-order valence-corrected chi connectivity index (χ0v) is 20.3. The van der Waals surface area contributed by atoms with Crippen LogP contribution in [0.5, 0.6) is 11.5 Å². The molecule has 34 heavy (non-hydrogen) atoms. The summed E-state index contributed by atoms with van der Waals surface area (Å²) >= 11 is 6.74. The van der Waals surface area contributed by atoms with Crippen LogP contribution >= 0.6 is 22.9 Å². The van der Waals surface area contributed by atoms with Crippen molar-refractivity contribution < 1.29 is 22.7 Å². The first-order chi connectivity index (χ1) is 16.3. The maximum Gasteiger partial charge on any atom is 0.268 e. The van der Waals surface area contributed by atoms with Crippen molar-refractivity contribution in [3.63, 3.8) is 0 Å². The van der Waals surface area contributed by atoms with E-state index in [9.17, 15) is 18.5 Å². The second-order valence-electron chi connectivity index (χ2n) is 6.82. The molecule has 1 N–H and O–H groups in total. The average Bonchev–Trinajstić information content (AvgIpc) is 3.28. The summed E-state index contributed by atoms with van der Waals surface area (Å²) in [6.45, 7) is 0.883. The van der Waals surface area contributed by atoms with Crippen LogP contribution in [0.1, 0.15) is 12.0 Å². The van der Waals surface area contributed by atoms with Crippen molar-refractivity contribution in [3.05, 3.63) is 64.7 Å². The van der Waals surface area contributed by atoms with E-state index in [1.165, 1.54) is 6.08 Å². The predicted octanol–water partition coefficient (Wildman–Crippen LogP) is 3.99. The van der Waals surface area contributed by atoms with E-state index in [-0.39, 0.29) is 15.0 Å². The normalized spacial score (nSPS) is 11.5. The van der Waals surface area contributed by atoms with Gasteiger partial charge in [0.05, 0.1) is 18.2 Å². The minimum absolute atomic E-state index is 0.0196. The van der Waals surface area contributed by atoms with Gasteiger partial charge < -0.3 is 9.47 Å². The van der Waals surface area contributed by atoms with Crippen molar-refractivity contribution in [1.82, 2.24) is 10.2 Å². The van der Waals surface area contributed by atoms with Gasteiger partial charge in [-0.25, -0.2) is 8.42 Å². The molecule has 0 radical (unpaired) electrons. The number of hydrogen-bond acceptors (Lipinski definition) is 9. The second-order valence-corrected chi connectivity index (χ2v) is 10.4. The molecule has 0 spiro atoms. The maximum absolute atomic E-state index is 12.3. The van der Waals surface area contributed by atoms with Gasteiger partial charge in [-0.1, -0.05) is 47.2 Å². The fraction of sp³-hybridized carbons (Fsp3) is 0.182. The molecule has 0 saturated carbocycles. The van der Waals surface area contributed by atoms with Crippen LogP contribution < -0.4 is 14.8 Å². The van der Waals surface area contributed by atoms with Crippen LogP contribution in [-0.2, 0) is 14.6 Å². The van der Waals surface area contributed by atoms with Crippen LogP contribution in [0.15, 0.2) is 58.4 Å². The highest BCUT2D eigenvalue weighted by molar-refractivity contribution is 7.92. The molecule has 0 atom stereocenters. The SMILES string of the molecule is CS(=O)(=O)c1nnc(NC(=O)/C(C#N)=C\c2ccc(OCCCOc3ccccc3Cl)cc2)s1. The van der Waals surface area contributed by atoms with Crippen molar-refractivity contribution in [3.8, 4) is 17.6 Å². The number of sulfone groups is 1. The van der Waals surface area contributed by atoms with Gasteiger partial charge in [-0.15, -0.1) is 10.2 Å². The van der Waals surface area contributed by atoms with Crippen molar-refractivity contribution in [1.29, 1.82) is 5.26 Å². The van der Waals surface area contributed by atoms with E-state index in [1.54, 1.807) is 36.4 Å². The molecule has 176 valence electrons. The number of nitriles is 1. The summed E-state index contributed by atoms with van der Waals surface area (Å²) in [7, 11) is -3.53. The summed E-state index contributed by atoms with van der Waals surface area (Å²) in [5, 5.41) is 19.4. The lowest BCUT2D eigenvalue weighted by Gasteiger charge is -2.09. The second kappa shape index (κ2) is 11.6. The smallest absolute Gasteiger partial charge is 0.268 e. The van der Waals surface area contributed by atoms with Crippen molar-refractivity contribution in [2.45, 2.75) is 10.8 Å². The molecule has 0 bridgehead atoms. The molecule has 0 aliphatic heterocycles. The molecule has 2 aromatic carbocycles. The zero-order valence-electron chi connectivity index (χ0n) is 17.9. The Kier molecular flexibility index (Phi) is 8.59. The Labute approximate surface area is 205 Å². The molecule has 1 amide bonds. The molecular formula is C22H19ClN4O5S2. The summed E-state index contributed by atoms with van der Waals surface area (Å²) in [6.07, 6.45) is 3.04. The zero-order chi connectivity index (χ0) is 24.6. The van der Waals surface area contributed by atoms with Gasteiger partial charge in [0, 0.05) is 12.7 Å². The number of benzene rings is 2. The van der Waals surface area contributed by atoms with Crippen LogP contribution in [0.2, 0.25) is 5.02 Å². The number of nitrogens with zero attached hydrogens (tertiary/aromatic N) is 3. The van der Waals surface area contributed by atoms with E-state index >= 15 is 0 Å². The van der Waals surface area contributed by atoms with Crippen LogP contribution in [-0.4, -0.2) is 44.0 Å². The van der Waals surface area contributed by atoms with Crippen molar-refractivity contribution in [2.24, 2.45) is 0 Å². The number of para-hydroxylation sites is 1. The van der Waals surface area contributed by atoms with E-state index in [4.69, 9.17) is 21.1 Å². The molecule has 12 heteroatoms. The lowest BCUT2D eigenvalue weighted by atomic mass is 10.1. The average molecular weight is 519 g/mol. The Morgan fingerprint density at radius 2 is 1.85 bits per heavy atom. The number of nitrogens with one attached hydrogen (secondary N) is 1. The molecule has 3 rings (SSSR count). The first kappa shape index (κ1) is 25.2. The maximum atomic E-state index is 12.3. The van der Waals surface area contributed by atoms with Gasteiger partial charge in [-0.05, 0) is 35.9 Å². The predicted molar refractivity (Wildman–Crippen MR) is 129 cm³/mol. The molecular weight excluding hydrogens is 500 g/mol. The Bertz CT molecular complexity index is 1330. The molecule has 0 aliphatic rings. The number of aromatic nitrogens is 2. The van der Waals surface area contributed by atoms with Gasteiger partial charge in [0.25, 0.3) is 5.91 Å². The van der Waals surface area contributed by atoms with Crippen LogP contribution in [0.25, 0.3) is 6.08 Å². The van der Waals surface area contributed by atoms with Gasteiger partial charge in [-0.2, -0.15) is 5.26 Å². The van der Waals surface area contributed by atoms with Crippen LogP contribution in [0.4, 0.5) is 5.13 Å². The van der Waals surface area contributed by atoms with Crippen LogP contribution in [0, 0.1) is 11.3 Å².